The number of methoxy groups -OCH3 is 1. The predicted molar refractivity (Wildman–Crippen MR) is 74.3 cm³/mol. The third-order valence-corrected chi connectivity index (χ3v) is 3.35. The Morgan fingerprint density at radius 2 is 2.38 bits per heavy atom. The summed E-state index contributed by atoms with van der Waals surface area (Å²) in [7, 11) is 1.23. The Labute approximate surface area is 121 Å². The molecule has 2 atom stereocenters. The molecule has 1 N–H and O–H groups in total. The molecule has 1 aliphatic heterocycles. The van der Waals surface area contributed by atoms with Gasteiger partial charge in [0.15, 0.2) is 5.69 Å². The minimum absolute atomic E-state index is 0.0186. The lowest BCUT2D eigenvalue weighted by Crippen LogP contribution is -2.31. The zero-order chi connectivity index (χ0) is 15.4. The van der Waals surface area contributed by atoms with E-state index < -0.39 is 10.9 Å². The summed E-state index contributed by atoms with van der Waals surface area (Å²) in [6.45, 7) is 2.56. The van der Waals surface area contributed by atoms with E-state index in [1.54, 1.807) is 0 Å². The van der Waals surface area contributed by atoms with Gasteiger partial charge in [0.1, 0.15) is 0 Å². The second kappa shape index (κ2) is 6.49. The van der Waals surface area contributed by atoms with Crippen molar-refractivity contribution in [1.82, 2.24) is 4.98 Å². The van der Waals surface area contributed by atoms with Crippen molar-refractivity contribution < 1.29 is 19.2 Å². The minimum Gasteiger partial charge on any atom is -0.464 e. The van der Waals surface area contributed by atoms with Crippen LogP contribution in [0.2, 0.25) is 0 Å². The number of pyridine rings is 1. The van der Waals surface area contributed by atoms with Crippen LogP contribution in [0.4, 0.5) is 11.5 Å². The van der Waals surface area contributed by atoms with Gasteiger partial charge in [-0.3, -0.25) is 10.1 Å². The van der Waals surface area contributed by atoms with Crippen molar-refractivity contribution in [2.75, 3.05) is 19.0 Å². The first-order valence-electron chi connectivity index (χ1n) is 6.65. The number of nitro groups is 1. The van der Waals surface area contributed by atoms with Gasteiger partial charge in [0.2, 0.25) is 5.82 Å². The molecular formula is C13H17N3O5. The number of ether oxygens (including phenoxy) is 2. The highest BCUT2D eigenvalue weighted by Gasteiger charge is 2.26. The fourth-order valence-electron chi connectivity index (χ4n) is 2.23. The highest BCUT2D eigenvalue weighted by Crippen LogP contribution is 2.25. The number of anilines is 1. The van der Waals surface area contributed by atoms with Crippen LogP contribution in [0.1, 0.15) is 30.3 Å². The molecule has 0 aromatic carbocycles. The van der Waals surface area contributed by atoms with Crippen molar-refractivity contribution in [3.63, 3.8) is 0 Å². The number of hydrogen-bond donors (Lipinski definition) is 1. The van der Waals surface area contributed by atoms with E-state index in [9.17, 15) is 14.9 Å². The molecule has 2 rings (SSSR count). The fourth-order valence-corrected chi connectivity index (χ4v) is 2.23. The molecule has 8 heteroatoms. The first-order chi connectivity index (χ1) is 10.0. The molecule has 0 aliphatic carbocycles. The van der Waals surface area contributed by atoms with Crippen molar-refractivity contribution in [1.29, 1.82) is 0 Å². The second-order valence-corrected chi connectivity index (χ2v) is 4.80. The Morgan fingerprint density at radius 1 is 1.62 bits per heavy atom. The van der Waals surface area contributed by atoms with Gasteiger partial charge in [-0.1, -0.05) is 0 Å². The second-order valence-electron chi connectivity index (χ2n) is 4.80. The minimum atomic E-state index is -0.641. The maximum Gasteiger partial charge on any atom is 0.356 e. The number of aromatic nitrogens is 1. The van der Waals surface area contributed by atoms with Crippen LogP contribution in [0.25, 0.3) is 0 Å². The summed E-state index contributed by atoms with van der Waals surface area (Å²) >= 11 is 0. The monoisotopic (exact) mass is 295 g/mol. The van der Waals surface area contributed by atoms with Crippen LogP contribution >= 0.6 is 0 Å². The van der Waals surface area contributed by atoms with E-state index >= 15 is 0 Å². The normalized spacial score (nSPS) is 19.0. The smallest absolute Gasteiger partial charge is 0.356 e. The Bertz CT molecular complexity index is 543. The summed E-state index contributed by atoms with van der Waals surface area (Å²) in [4.78, 5) is 26.0. The Hall–Kier alpha value is -2.22. The average molecular weight is 295 g/mol. The van der Waals surface area contributed by atoms with E-state index in [4.69, 9.17) is 4.74 Å². The number of esters is 1. The van der Waals surface area contributed by atoms with Crippen molar-refractivity contribution in [2.45, 2.75) is 31.9 Å². The maximum atomic E-state index is 11.5. The van der Waals surface area contributed by atoms with Crippen molar-refractivity contribution in [2.24, 2.45) is 0 Å². The van der Waals surface area contributed by atoms with Crippen LogP contribution in [-0.4, -0.2) is 41.7 Å². The molecule has 0 spiro atoms. The topological polar surface area (TPSA) is 104 Å². The van der Waals surface area contributed by atoms with Gasteiger partial charge < -0.3 is 14.8 Å². The molecule has 1 aromatic rings. The Morgan fingerprint density at radius 3 is 2.95 bits per heavy atom. The highest BCUT2D eigenvalue weighted by molar-refractivity contribution is 5.88. The van der Waals surface area contributed by atoms with Crippen molar-refractivity contribution in [3.05, 3.63) is 27.9 Å². The molecule has 0 bridgehead atoms. The Kier molecular flexibility index (Phi) is 4.69. The molecule has 1 fully saturated rings. The lowest BCUT2D eigenvalue weighted by Gasteiger charge is -2.20. The standard InChI is InChI=1S/C13H17N3O5/c1-8(11-4-3-7-21-11)14-12-10(16(18)19)6-5-9(15-12)13(17)20-2/h5-6,8,11H,3-4,7H2,1-2H3,(H,14,15). The van der Waals surface area contributed by atoms with Crippen LogP contribution < -0.4 is 5.32 Å². The molecule has 21 heavy (non-hydrogen) atoms. The summed E-state index contributed by atoms with van der Waals surface area (Å²) in [5.74, 6) is -0.594. The molecule has 114 valence electrons. The molecule has 8 nitrogen and oxygen atoms in total. The van der Waals surface area contributed by atoms with Gasteiger partial charge in [-0.25, -0.2) is 9.78 Å². The third kappa shape index (κ3) is 3.46. The van der Waals surface area contributed by atoms with Crippen LogP contribution in [0.15, 0.2) is 12.1 Å². The largest absolute Gasteiger partial charge is 0.464 e. The lowest BCUT2D eigenvalue weighted by molar-refractivity contribution is -0.384. The van der Waals surface area contributed by atoms with E-state index in [1.165, 1.54) is 19.2 Å². The van der Waals surface area contributed by atoms with Gasteiger partial charge in [-0.2, -0.15) is 0 Å². The van der Waals surface area contributed by atoms with E-state index in [0.717, 1.165) is 12.8 Å². The molecule has 2 unspecified atom stereocenters. The van der Waals surface area contributed by atoms with Gasteiger partial charge in [0.05, 0.1) is 24.2 Å². The molecular weight excluding hydrogens is 278 g/mol. The quantitative estimate of drug-likeness (QED) is 0.501. The van der Waals surface area contributed by atoms with E-state index in [-0.39, 0.29) is 29.3 Å². The zero-order valence-corrected chi connectivity index (χ0v) is 11.9. The van der Waals surface area contributed by atoms with Gasteiger partial charge >= 0.3 is 11.7 Å². The van der Waals surface area contributed by atoms with Gasteiger partial charge in [-0.15, -0.1) is 0 Å². The maximum absolute atomic E-state index is 11.5. The summed E-state index contributed by atoms with van der Waals surface area (Å²) in [5.41, 5.74) is -0.169. The molecule has 0 saturated carbocycles. The fraction of sp³-hybridized carbons (Fsp3) is 0.538. The van der Waals surface area contributed by atoms with Crippen LogP contribution in [0.5, 0.6) is 0 Å². The molecule has 2 heterocycles. The summed E-state index contributed by atoms with van der Waals surface area (Å²) in [5, 5.41) is 14.0. The van der Waals surface area contributed by atoms with Gasteiger partial charge in [0, 0.05) is 12.7 Å². The van der Waals surface area contributed by atoms with Crippen LogP contribution in [-0.2, 0) is 9.47 Å². The SMILES string of the molecule is COC(=O)c1ccc([N+](=O)[O-])c(NC(C)C2CCCO2)n1. The summed E-state index contributed by atoms with van der Waals surface area (Å²) in [6.07, 6.45) is 1.83. The third-order valence-electron chi connectivity index (χ3n) is 3.35. The number of nitrogens with one attached hydrogen (secondary N) is 1. The predicted octanol–water partition coefficient (Wildman–Crippen LogP) is 1.76. The number of nitrogens with zero attached hydrogens (tertiary/aromatic N) is 2. The summed E-state index contributed by atoms with van der Waals surface area (Å²) in [6, 6.07) is 2.36. The average Bonchev–Trinajstić information content (AvgIpc) is 3.00. The summed E-state index contributed by atoms with van der Waals surface area (Å²) < 4.78 is 10.1. The molecule has 1 aromatic heterocycles. The number of hydrogen-bond acceptors (Lipinski definition) is 7. The van der Waals surface area contributed by atoms with Crippen molar-refractivity contribution in [3.8, 4) is 0 Å². The highest BCUT2D eigenvalue weighted by atomic mass is 16.6. The molecule has 1 saturated heterocycles. The van der Waals surface area contributed by atoms with E-state index in [1.807, 2.05) is 6.92 Å². The molecule has 0 amide bonds. The number of rotatable bonds is 5. The first kappa shape index (κ1) is 15.2. The van der Waals surface area contributed by atoms with Crippen LogP contribution in [0, 0.1) is 10.1 Å². The van der Waals surface area contributed by atoms with Gasteiger partial charge in [-0.05, 0) is 25.8 Å². The van der Waals surface area contributed by atoms with Gasteiger partial charge in [0.25, 0.3) is 0 Å². The van der Waals surface area contributed by atoms with Crippen molar-refractivity contribution >= 4 is 17.5 Å². The first-order valence-corrected chi connectivity index (χ1v) is 6.65. The van der Waals surface area contributed by atoms with E-state index in [2.05, 4.69) is 15.0 Å². The Balaban J connectivity index is 2.25. The number of carbonyl (C=O) groups is 1. The van der Waals surface area contributed by atoms with E-state index in [0.29, 0.717) is 6.61 Å². The molecule has 0 radical (unpaired) electrons. The van der Waals surface area contributed by atoms with Crippen LogP contribution in [0.3, 0.4) is 0 Å². The zero-order valence-electron chi connectivity index (χ0n) is 11.9. The molecule has 1 aliphatic rings. The lowest BCUT2D eigenvalue weighted by atomic mass is 10.1. The number of carbonyl (C=O) groups excluding carboxylic acids is 1.